The van der Waals surface area contributed by atoms with Crippen LogP contribution in [0.4, 0.5) is 28.9 Å². The zero-order valence-corrected chi connectivity index (χ0v) is 12.3. The molecule has 118 valence electrons. The second kappa shape index (κ2) is 7.59. The van der Waals surface area contributed by atoms with E-state index in [4.69, 9.17) is 0 Å². The normalized spacial score (nSPS) is 9.77. The summed E-state index contributed by atoms with van der Waals surface area (Å²) in [6, 6.07) is 3.44. The van der Waals surface area contributed by atoms with Crippen molar-refractivity contribution < 1.29 is 22.4 Å². The number of nitrogens with one attached hydrogen (secondary N) is 1. The van der Waals surface area contributed by atoms with Gasteiger partial charge >= 0.3 is 6.04 Å². The molecule has 1 N–H and O–H groups in total. The number of carbonyl (C=O) groups excluding carboxylic acids is 1. The number of rotatable bonds is 3. The van der Waals surface area contributed by atoms with Gasteiger partial charge < -0.3 is 5.32 Å². The molecule has 0 saturated heterocycles. The van der Waals surface area contributed by atoms with E-state index in [1.165, 1.54) is 12.1 Å². The van der Waals surface area contributed by atoms with Gasteiger partial charge in [-0.1, -0.05) is 19.9 Å². The van der Waals surface area contributed by atoms with Crippen molar-refractivity contribution in [2.45, 2.75) is 20.8 Å². The predicted molar refractivity (Wildman–Crippen MR) is 77.6 cm³/mol. The molecule has 0 fully saturated rings. The molecule has 2 aromatic rings. The zero-order valence-electron chi connectivity index (χ0n) is 12.3. The van der Waals surface area contributed by atoms with Crippen LogP contribution in [-0.2, 0) is 0 Å². The first-order valence-electron chi connectivity index (χ1n) is 6.61. The van der Waals surface area contributed by atoms with Crippen molar-refractivity contribution in [3.05, 3.63) is 58.9 Å². The minimum Gasteiger partial charge on any atom is -0.350 e. The van der Waals surface area contributed by atoms with E-state index in [-0.39, 0.29) is 5.69 Å². The van der Waals surface area contributed by atoms with Gasteiger partial charge in [0, 0.05) is 0 Å². The quantitative estimate of drug-likeness (QED) is 0.616. The zero-order chi connectivity index (χ0) is 16.9. The van der Waals surface area contributed by atoms with Gasteiger partial charge in [-0.3, -0.25) is 4.79 Å². The minimum absolute atomic E-state index is 0.192. The second-order valence-corrected chi connectivity index (χ2v) is 4.17. The van der Waals surface area contributed by atoms with Crippen LogP contribution in [-0.4, -0.2) is 6.04 Å². The lowest BCUT2D eigenvalue weighted by molar-refractivity contribution is 0.0836. The monoisotopic (exact) mass is 313 g/mol. The van der Waals surface area contributed by atoms with Gasteiger partial charge in [0.1, 0.15) is 5.82 Å². The molecular weight excluding hydrogens is 298 g/mol. The van der Waals surface area contributed by atoms with Gasteiger partial charge in [0.25, 0.3) is 0 Å². The molecule has 2 aromatic carbocycles. The van der Waals surface area contributed by atoms with E-state index in [0.717, 1.165) is 12.1 Å². The first-order valence-corrected chi connectivity index (χ1v) is 6.61. The summed E-state index contributed by atoms with van der Waals surface area (Å²) < 4.78 is 53.2. The maximum Gasteiger partial charge on any atom is 0.334 e. The Morgan fingerprint density at radius 2 is 1.64 bits per heavy atom. The molecule has 0 amide bonds. The summed E-state index contributed by atoms with van der Waals surface area (Å²) in [5.41, 5.74) is -1.01. The highest BCUT2D eigenvalue weighted by atomic mass is 19.2. The van der Waals surface area contributed by atoms with Crippen LogP contribution in [0, 0.1) is 24.4 Å². The molecule has 0 aliphatic heterocycles. The van der Waals surface area contributed by atoms with E-state index in [0.29, 0.717) is 11.6 Å². The molecule has 2 rings (SSSR count). The Bertz CT molecular complexity index is 686. The highest BCUT2D eigenvalue weighted by Gasteiger charge is 2.19. The van der Waals surface area contributed by atoms with Crippen molar-refractivity contribution in [2.24, 2.45) is 0 Å². The Hall–Kier alpha value is -2.37. The lowest BCUT2D eigenvalue weighted by Gasteiger charge is -2.12. The number of halogens is 4. The van der Waals surface area contributed by atoms with Crippen LogP contribution in [0.3, 0.4) is 0 Å². The van der Waals surface area contributed by atoms with Crippen LogP contribution >= 0.6 is 0 Å². The Labute approximate surface area is 125 Å². The van der Waals surface area contributed by atoms with Crippen LogP contribution < -0.4 is 5.32 Å². The average Bonchev–Trinajstić information content (AvgIpc) is 2.48. The fraction of sp³-hybridized carbons (Fsp3) is 0.188. The predicted octanol–water partition coefficient (Wildman–Crippen LogP) is 5.29. The van der Waals surface area contributed by atoms with E-state index in [2.05, 4.69) is 5.32 Å². The molecule has 0 heterocycles. The number of benzene rings is 2. The van der Waals surface area contributed by atoms with E-state index >= 15 is 0 Å². The van der Waals surface area contributed by atoms with Crippen molar-refractivity contribution >= 4 is 17.4 Å². The summed E-state index contributed by atoms with van der Waals surface area (Å²) in [6.45, 7) is 5.64. The molecule has 2 nitrogen and oxygen atoms in total. The van der Waals surface area contributed by atoms with Crippen molar-refractivity contribution in [1.29, 1.82) is 0 Å². The highest BCUT2D eigenvalue weighted by Crippen LogP contribution is 2.28. The van der Waals surface area contributed by atoms with Crippen molar-refractivity contribution in [1.82, 2.24) is 0 Å². The SMILES string of the molecule is CC.Cc1ccc(Nc2c(C(=O)F)ccc(F)c2F)c(F)c1. The number of carbonyl (C=O) groups is 1. The summed E-state index contributed by atoms with van der Waals surface area (Å²) in [5.74, 6) is -3.45. The molecule has 0 aromatic heterocycles. The summed E-state index contributed by atoms with van der Waals surface area (Å²) in [6.07, 6.45) is 0. The maximum atomic E-state index is 13.6. The number of aryl methyl sites for hydroxylation is 1. The molecule has 0 radical (unpaired) electrons. The van der Waals surface area contributed by atoms with E-state index < -0.39 is 34.7 Å². The van der Waals surface area contributed by atoms with Crippen molar-refractivity contribution in [3.8, 4) is 0 Å². The third-order valence-corrected chi connectivity index (χ3v) is 2.69. The second-order valence-electron chi connectivity index (χ2n) is 4.17. The summed E-state index contributed by atoms with van der Waals surface area (Å²) in [5, 5.41) is 2.21. The Morgan fingerprint density at radius 3 is 2.18 bits per heavy atom. The third-order valence-electron chi connectivity index (χ3n) is 2.69. The molecule has 0 spiro atoms. The van der Waals surface area contributed by atoms with E-state index in [1.807, 2.05) is 13.8 Å². The van der Waals surface area contributed by atoms with Gasteiger partial charge in [0.05, 0.1) is 16.9 Å². The van der Waals surface area contributed by atoms with Gasteiger partial charge in [-0.05, 0) is 36.8 Å². The smallest absolute Gasteiger partial charge is 0.334 e. The van der Waals surface area contributed by atoms with Gasteiger partial charge in [0.2, 0.25) is 0 Å². The Kier molecular flexibility index (Phi) is 6.10. The van der Waals surface area contributed by atoms with Crippen LogP contribution in [0.15, 0.2) is 30.3 Å². The lowest BCUT2D eigenvalue weighted by Crippen LogP contribution is -2.05. The van der Waals surface area contributed by atoms with E-state index in [1.54, 1.807) is 6.92 Å². The summed E-state index contributed by atoms with van der Waals surface area (Å²) in [4.78, 5) is 10.8. The minimum atomic E-state index is -1.95. The summed E-state index contributed by atoms with van der Waals surface area (Å²) >= 11 is 0. The van der Waals surface area contributed by atoms with Gasteiger partial charge in [-0.25, -0.2) is 13.2 Å². The van der Waals surface area contributed by atoms with Crippen LogP contribution in [0.2, 0.25) is 0 Å². The van der Waals surface area contributed by atoms with E-state index in [9.17, 15) is 22.4 Å². The number of anilines is 2. The Balaban J connectivity index is 0.00000116. The van der Waals surface area contributed by atoms with Gasteiger partial charge in [-0.2, -0.15) is 4.39 Å². The number of hydrogen-bond donors (Lipinski definition) is 1. The standard InChI is InChI=1S/C14H9F4NO.C2H6/c1-7-2-5-11(10(16)6-7)19-13-8(14(18)20)3-4-9(15)12(13)17;1-2/h2-6,19H,1H3;1-2H3. The first-order chi connectivity index (χ1) is 10.4. The third kappa shape index (κ3) is 3.84. The molecule has 0 saturated carbocycles. The van der Waals surface area contributed by atoms with Gasteiger partial charge in [0.15, 0.2) is 11.6 Å². The molecule has 0 bridgehead atoms. The highest BCUT2D eigenvalue weighted by molar-refractivity contribution is 5.96. The summed E-state index contributed by atoms with van der Waals surface area (Å²) in [7, 11) is 0. The van der Waals surface area contributed by atoms with Crippen LogP contribution in [0.5, 0.6) is 0 Å². The van der Waals surface area contributed by atoms with Gasteiger partial charge in [-0.15, -0.1) is 0 Å². The number of hydrogen-bond acceptors (Lipinski definition) is 2. The molecule has 0 aliphatic rings. The largest absolute Gasteiger partial charge is 0.350 e. The molecule has 6 heteroatoms. The molecule has 0 atom stereocenters. The van der Waals surface area contributed by atoms with Crippen LogP contribution in [0.1, 0.15) is 29.8 Å². The molecule has 0 unspecified atom stereocenters. The maximum absolute atomic E-state index is 13.6. The van der Waals surface area contributed by atoms with Crippen LogP contribution in [0.25, 0.3) is 0 Å². The molecular formula is C16H15F4NO. The molecule has 0 aliphatic carbocycles. The molecule has 22 heavy (non-hydrogen) atoms. The fourth-order valence-electron chi connectivity index (χ4n) is 1.69. The topological polar surface area (TPSA) is 29.1 Å². The van der Waals surface area contributed by atoms with Crippen molar-refractivity contribution in [2.75, 3.05) is 5.32 Å². The average molecular weight is 313 g/mol. The Morgan fingerprint density at radius 1 is 1.00 bits per heavy atom. The first kappa shape index (κ1) is 17.7. The van der Waals surface area contributed by atoms with Crippen molar-refractivity contribution in [3.63, 3.8) is 0 Å². The fourth-order valence-corrected chi connectivity index (χ4v) is 1.69. The lowest BCUT2D eigenvalue weighted by atomic mass is 10.1.